The van der Waals surface area contributed by atoms with E-state index in [-0.39, 0.29) is 11.7 Å². The Morgan fingerprint density at radius 2 is 2.12 bits per heavy atom. The molecule has 4 rings (SSSR count). The van der Waals surface area contributed by atoms with Crippen LogP contribution in [0, 0.1) is 3.83 Å². The summed E-state index contributed by atoms with van der Waals surface area (Å²) in [5, 5.41) is 2.78. The number of carbonyl (C=O) groups is 1. The fourth-order valence-electron chi connectivity index (χ4n) is 3.38. The van der Waals surface area contributed by atoms with Crippen LogP contribution in [0.4, 0.5) is 5.82 Å². The number of hydrogen-bond donors (Lipinski definition) is 2. The molecule has 4 atom stereocenters. The van der Waals surface area contributed by atoms with Gasteiger partial charge in [0.25, 0.3) is 5.91 Å². The van der Waals surface area contributed by atoms with E-state index in [0.717, 1.165) is 0 Å². The molecule has 11 heteroatoms. The van der Waals surface area contributed by atoms with E-state index >= 15 is 0 Å². The largest absolute Gasteiger partial charge is 0.382 e. The first-order valence-electron chi connectivity index (χ1n) is 8.25. The average molecular weight is 474 g/mol. The van der Waals surface area contributed by atoms with Crippen molar-refractivity contribution in [1.29, 1.82) is 0 Å². The van der Waals surface area contributed by atoms with E-state index in [1.54, 1.807) is 10.9 Å². The van der Waals surface area contributed by atoms with Crippen LogP contribution in [0.3, 0.4) is 0 Å². The summed E-state index contributed by atoms with van der Waals surface area (Å²) in [4.78, 5) is 25.3. The van der Waals surface area contributed by atoms with E-state index in [1.165, 1.54) is 0 Å². The van der Waals surface area contributed by atoms with Gasteiger partial charge in [-0.25, -0.2) is 15.0 Å². The molecule has 1 amide bonds. The van der Waals surface area contributed by atoms with Gasteiger partial charge in [0.05, 0.1) is 6.33 Å². The van der Waals surface area contributed by atoms with Gasteiger partial charge >= 0.3 is 0 Å². The minimum absolute atomic E-state index is 0.237. The molecule has 3 N–H and O–H groups in total. The summed E-state index contributed by atoms with van der Waals surface area (Å²) in [6.07, 6.45) is -0.851. The van der Waals surface area contributed by atoms with Gasteiger partial charge in [0, 0.05) is 29.1 Å². The van der Waals surface area contributed by atoms with Crippen molar-refractivity contribution in [2.75, 3.05) is 12.3 Å². The Hall–Kier alpha value is -1.57. The maximum Gasteiger partial charge on any atom is 0.252 e. The molecule has 0 bridgehead atoms. The third kappa shape index (κ3) is 2.82. The normalized spacial score (nSPS) is 29.8. The zero-order chi connectivity index (χ0) is 18.6. The molecule has 140 valence electrons. The standard InChI is InChI=1S/C15H19IN6O4/c1-4-18-12(23)8-7-9(26-15(2,3)25-7)13(24-8)22-5-19-6-10(17)20-14(16)21-11(6)22/h5,7-9,13H,4H2,1-3H3,(H,18,23)(H2,17,20,21)/t7-,8-,9?,13+/m0/s1. The van der Waals surface area contributed by atoms with Crippen LogP contribution in [0.1, 0.15) is 27.0 Å². The smallest absolute Gasteiger partial charge is 0.252 e. The number of fused-ring (bicyclic) bond motifs is 2. The lowest BCUT2D eigenvalue weighted by molar-refractivity contribution is -0.197. The van der Waals surface area contributed by atoms with Crippen LogP contribution < -0.4 is 11.1 Å². The number of rotatable bonds is 3. The average Bonchev–Trinajstić information content (AvgIpc) is 3.18. The minimum Gasteiger partial charge on any atom is -0.382 e. The van der Waals surface area contributed by atoms with Crippen LogP contribution in [0.2, 0.25) is 0 Å². The molecule has 2 aromatic rings. The zero-order valence-electron chi connectivity index (χ0n) is 14.5. The van der Waals surface area contributed by atoms with Crippen LogP contribution in [0.15, 0.2) is 6.33 Å². The summed E-state index contributed by atoms with van der Waals surface area (Å²) >= 11 is 1.99. The van der Waals surface area contributed by atoms with Crippen LogP contribution in [0.5, 0.6) is 0 Å². The van der Waals surface area contributed by atoms with Crippen LogP contribution in [-0.2, 0) is 19.0 Å². The molecule has 0 spiro atoms. The number of aromatic nitrogens is 4. The van der Waals surface area contributed by atoms with Crippen molar-refractivity contribution in [2.45, 2.75) is 51.1 Å². The van der Waals surface area contributed by atoms with Gasteiger partial charge in [0.2, 0.25) is 0 Å². The monoisotopic (exact) mass is 474 g/mol. The number of halogens is 1. The maximum absolute atomic E-state index is 12.4. The first kappa shape index (κ1) is 17.8. The van der Waals surface area contributed by atoms with Crippen LogP contribution >= 0.6 is 22.6 Å². The molecule has 10 nitrogen and oxygen atoms in total. The highest BCUT2D eigenvalue weighted by Crippen LogP contribution is 2.43. The molecule has 1 unspecified atom stereocenters. The number of likely N-dealkylation sites (N-methyl/N-ethyl adjacent to an activating group) is 1. The fourth-order valence-corrected chi connectivity index (χ4v) is 3.87. The molecule has 0 saturated carbocycles. The number of carbonyl (C=O) groups excluding carboxylic acids is 1. The Morgan fingerprint density at radius 1 is 1.38 bits per heavy atom. The number of nitrogens with one attached hydrogen (secondary N) is 1. The van der Waals surface area contributed by atoms with Gasteiger partial charge in [-0.2, -0.15) is 0 Å². The molecular weight excluding hydrogens is 455 g/mol. The Bertz CT molecular complexity index is 871. The molecule has 2 fully saturated rings. The highest BCUT2D eigenvalue weighted by Gasteiger charge is 2.58. The molecule has 2 aromatic heterocycles. The summed E-state index contributed by atoms with van der Waals surface area (Å²) in [6, 6.07) is 0. The van der Waals surface area contributed by atoms with Gasteiger partial charge in [0.15, 0.2) is 33.4 Å². The van der Waals surface area contributed by atoms with Gasteiger partial charge in [-0.15, -0.1) is 0 Å². The van der Waals surface area contributed by atoms with Crippen LogP contribution in [-0.4, -0.2) is 56.1 Å². The summed E-state index contributed by atoms with van der Waals surface area (Å²) in [5.41, 5.74) is 6.94. The van der Waals surface area contributed by atoms with Crippen molar-refractivity contribution in [3.05, 3.63) is 10.2 Å². The fraction of sp³-hybridized carbons (Fsp3) is 0.600. The summed E-state index contributed by atoms with van der Waals surface area (Å²) in [5.74, 6) is -0.766. The molecule has 0 aromatic carbocycles. The zero-order valence-corrected chi connectivity index (χ0v) is 16.6. The van der Waals surface area contributed by atoms with E-state index in [1.807, 2.05) is 43.4 Å². The number of nitrogen functional groups attached to an aromatic ring is 1. The second kappa shape index (κ2) is 6.25. The number of imidazole rings is 1. The number of nitrogens with zero attached hydrogens (tertiary/aromatic N) is 4. The lowest BCUT2D eigenvalue weighted by Crippen LogP contribution is -2.42. The second-order valence-electron chi connectivity index (χ2n) is 6.61. The number of hydrogen-bond acceptors (Lipinski definition) is 8. The summed E-state index contributed by atoms with van der Waals surface area (Å²) in [6.45, 7) is 5.97. The molecule has 0 radical (unpaired) electrons. The first-order chi connectivity index (χ1) is 12.3. The SMILES string of the molecule is CCNC(=O)[C@H]1O[C@@H](n2cnc3c(N)nc(I)nc32)C2OC(C)(C)O[C@H]21. The molecule has 26 heavy (non-hydrogen) atoms. The number of nitrogens with two attached hydrogens (primary N) is 1. The van der Waals surface area contributed by atoms with Crippen molar-refractivity contribution in [2.24, 2.45) is 0 Å². The Morgan fingerprint density at radius 3 is 2.85 bits per heavy atom. The van der Waals surface area contributed by atoms with E-state index in [0.29, 0.717) is 21.5 Å². The van der Waals surface area contributed by atoms with Crippen molar-refractivity contribution in [1.82, 2.24) is 24.8 Å². The molecule has 0 aliphatic carbocycles. The lowest BCUT2D eigenvalue weighted by Gasteiger charge is -2.24. The maximum atomic E-state index is 12.4. The van der Waals surface area contributed by atoms with Crippen molar-refractivity contribution in [3.8, 4) is 0 Å². The topological polar surface area (TPSA) is 126 Å². The third-order valence-corrected chi connectivity index (χ3v) is 4.82. The van der Waals surface area contributed by atoms with E-state index in [2.05, 4.69) is 20.3 Å². The van der Waals surface area contributed by atoms with Crippen LogP contribution in [0.25, 0.3) is 11.2 Å². The Balaban J connectivity index is 1.76. The van der Waals surface area contributed by atoms with Gasteiger partial charge in [0.1, 0.15) is 17.7 Å². The van der Waals surface area contributed by atoms with E-state index in [9.17, 15) is 4.79 Å². The van der Waals surface area contributed by atoms with Crippen molar-refractivity contribution < 1.29 is 19.0 Å². The highest BCUT2D eigenvalue weighted by atomic mass is 127. The first-order valence-corrected chi connectivity index (χ1v) is 9.33. The molecule has 2 aliphatic heterocycles. The Labute approximate surface area is 162 Å². The summed E-state index contributed by atoms with van der Waals surface area (Å²) < 4.78 is 20.2. The number of amides is 1. The molecular formula is C15H19IN6O4. The minimum atomic E-state index is -0.819. The van der Waals surface area contributed by atoms with Gasteiger partial charge in [-0.05, 0) is 20.8 Å². The quantitative estimate of drug-likeness (QED) is 0.489. The number of anilines is 1. The number of ether oxygens (including phenoxy) is 3. The van der Waals surface area contributed by atoms with Gasteiger partial charge in [-0.3, -0.25) is 9.36 Å². The summed E-state index contributed by atoms with van der Waals surface area (Å²) in [7, 11) is 0. The predicted octanol–water partition coefficient (Wildman–Crippen LogP) is 0.567. The lowest BCUT2D eigenvalue weighted by atomic mass is 10.1. The third-order valence-electron chi connectivity index (χ3n) is 4.33. The van der Waals surface area contributed by atoms with Crippen molar-refractivity contribution >= 4 is 45.5 Å². The highest BCUT2D eigenvalue weighted by molar-refractivity contribution is 14.1. The Kier molecular flexibility index (Phi) is 4.28. The molecule has 4 heterocycles. The van der Waals surface area contributed by atoms with Gasteiger partial charge < -0.3 is 25.3 Å². The molecule has 2 saturated heterocycles. The predicted molar refractivity (Wildman–Crippen MR) is 98.9 cm³/mol. The molecule has 2 aliphatic rings. The van der Waals surface area contributed by atoms with E-state index < -0.39 is 30.3 Å². The van der Waals surface area contributed by atoms with Gasteiger partial charge in [-0.1, -0.05) is 0 Å². The van der Waals surface area contributed by atoms with E-state index in [4.69, 9.17) is 19.9 Å². The van der Waals surface area contributed by atoms with Crippen molar-refractivity contribution in [3.63, 3.8) is 0 Å². The second-order valence-corrected chi connectivity index (χ2v) is 7.57.